The average molecular weight is 763 g/mol. The van der Waals surface area contributed by atoms with Gasteiger partial charge in [0, 0.05) is 34.8 Å². The first-order valence-electron chi connectivity index (χ1n) is 19.2. The SMILES string of the molecule is CC#Cc1cc2[nH]c(CN(CCC)C(=O)CNC(=O)OC)nc2c2ccc(-c3ccc4c(ccc5[nH]c(CN(CCC)C(=O)[C@H](N)c6ccccc6)nc54)c3)cc12. The fourth-order valence-corrected chi connectivity index (χ4v) is 7.34. The lowest BCUT2D eigenvalue weighted by atomic mass is 9.95. The van der Waals surface area contributed by atoms with E-state index in [1.54, 1.807) is 9.80 Å². The summed E-state index contributed by atoms with van der Waals surface area (Å²) in [5, 5.41) is 6.44. The van der Waals surface area contributed by atoms with Crippen LogP contribution in [0.2, 0.25) is 0 Å². The van der Waals surface area contributed by atoms with Crippen LogP contribution >= 0.6 is 0 Å². The summed E-state index contributed by atoms with van der Waals surface area (Å²) in [6, 6.07) is 27.5. The van der Waals surface area contributed by atoms with Crippen molar-refractivity contribution in [2.45, 2.75) is 52.7 Å². The lowest BCUT2D eigenvalue weighted by molar-refractivity contribution is -0.133. The maximum atomic E-state index is 13.5. The second-order valence-corrected chi connectivity index (χ2v) is 14.0. The Bertz CT molecular complexity index is 2670. The highest BCUT2D eigenvalue weighted by Gasteiger charge is 2.24. The zero-order valence-electron chi connectivity index (χ0n) is 32.6. The summed E-state index contributed by atoms with van der Waals surface area (Å²) in [5.74, 6) is 7.32. The topological polar surface area (TPSA) is 162 Å². The molecular weight excluding hydrogens is 717 g/mol. The number of alkyl carbamates (subject to hydrolysis) is 1. The normalized spacial score (nSPS) is 11.7. The summed E-state index contributed by atoms with van der Waals surface area (Å²) >= 11 is 0. The van der Waals surface area contributed by atoms with Gasteiger partial charge in [-0.05, 0) is 66.1 Å². The summed E-state index contributed by atoms with van der Waals surface area (Å²) in [7, 11) is 1.26. The predicted octanol–water partition coefficient (Wildman–Crippen LogP) is 7.32. The lowest BCUT2D eigenvalue weighted by Gasteiger charge is -2.24. The molecule has 0 aliphatic rings. The Morgan fingerprint density at radius 1 is 0.789 bits per heavy atom. The number of aromatic amines is 2. The molecule has 0 fully saturated rings. The van der Waals surface area contributed by atoms with E-state index in [1.807, 2.05) is 63.2 Å². The maximum absolute atomic E-state index is 13.5. The first kappa shape index (κ1) is 38.6. The van der Waals surface area contributed by atoms with Gasteiger partial charge in [0.05, 0.1) is 42.3 Å². The molecule has 0 aliphatic carbocycles. The standard InChI is InChI=1S/C45H46N8O4/c1-5-11-31-24-37-43(51-38(49-37)26-52(20-6-2)40(54)25-47-45(56)57-4)34-18-15-30(23-35(31)34)29-14-17-33-32(22-29)16-19-36-42(33)50-39(48-36)27-53(21-7-3)44(55)41(46)28-12-9-8-10-13-28/h8-10,12-19,22-24,41H,6-7,20-21,25-27,46H2,1-4H3,(H,47,56)(H,48,50)(H,49,51)/t41-/m1/s1. The Kier molecular flexibility index (Phi) is 11.5. The molecule has 0 bridgehead atoms. The van der Waals surface area contributed by atoms with Gasteiger partial charge in [0.1, 0.15) is 24.2 Å². The minimum atomic E-state index is -0.743. The Morgan fingerprint density at radius 3 is 2.14 bits per heavy atom. The number of nitrogens with zero attached hydrogens (tertiary/aromatic N) is 4. The van der Waals surface area contributed by atoms with Gasteiger partial charge in [-0.1, -0.05) is 80.4 Å². The smallest absolute Gasteiger partial charge is 0.407 e. The summed E-state index contributed by atoms with van der Waals surface area (Å²) in [6.07, 6.45) is 0.893. The van der Waals surface area contributed by atoms with Crippen LogP contribution in [-0.2, 0) is 27.4 Å². The van der Waals surface area contributed by atoms with E-state index in [9.17, 15) is 14.4 Å². The van der Waals surface area contributed by atoms with Crippen LogP contribution in [0.1, 0.15) is 62.4 Å². The van der Waals surface area contributed by atoms with Crippen molar-refractivity contribution in [2.24, 2.45) is 5.73 Å². The number of fused-ring (bicyclic) bond motifs is 6. The molecule has 57 heavy (non-hydrogen) atoms. The first-order valence-corrected chi connectivity index (χ1v) is 19.2. The van der Waals surface area contributed by atoms with Gasteiger partial charge in [0.25, 0.3) is 0 Å². The number of hydrogen-bond acceptors (Lipinski definition) is 7. The molecule has 2 aromatic heterocycles. The van der Waals surface area contributed by atoms with Crippen molar-refractivity contribution in [1.29, 1.82) is 0 Å². The quantitative estimate of drug-likeness (QED) is 0.0896. The molecule has 7 rings (SSSR count). The molecule has 0 radical (unpaired) electrons. The van der Waals surface area contributed by atoms with E-state index in [4.69, 9.17) is 15.7 Å². The minimum absolute atomic E-state index is 0.133. The number of aromatic nitrogens is 4. The van der Waals surface area contributed by atoms with Crippen LogP contribution in [-0.4, -0.2) is 74.4 Å². The van der Waals surface area contributed by atoms with Crippen LogP contribution in [0.25, 0.3) is 54.7 Å². The Hall–Kier alpha value is -6.71. The molecule has 7 aromatic rings. The molecule has 12 heteroatoms. The number of amides is 3. The van der Waals surface area contributed by atoms with Gasteiger partial charge in [-0.25, -0.2) is 14.8 Å². The number of hydrogen-bond donors (Lipinski definition) is 4. The summed E-state index contributed by atoms with van der Waals surface area (Å²) in [6.45, 7) is 7.37. The Morgan fingerprint density at radius 2 is 1.44 bits per heavy atom. The number of carbonyl (C=O) groups excluding carboxylic acids is 3. The van der Waals surface area contributed by atoms with E-state index in [0.717, 1.165) is 78.7 Å². The molecule has 0 saturated heterocycles. The van der Waals surface area contributed by atoms with E-state index < -0.39 is 12.1 Å². The Balaban J connectivity index is 1.17. The molecule has 5 aromatic carbocycles. The van der Waals surface area contributed by atoms with Crippen molar-refractivity contribution in [1.82, 2.24) is 35.1 Å². The monoisotopic (exact) mass is 762 g/mol. The molecule has 0 aliphatic heterocycles. The molecule has 1 atom stereocenters. The highest BCUT2D eigenvalue weighted by Crippen LogP contribution is 2.34. The van der Waals surface area contributed by atoms with Crippen molar-refractivity contribution >= 4 is 61.5 Å². The summed E-state index contributed by atoms with van der Waals surface area (Å²) < 4.78 is 4.61. The van der Waals surface area contributed by atoms with Crippen molar-refractivity contribution in [2.75, 3.05) is 26.7 Å². The number of rotatable bonds is 13. The predicted molar refractivity (Wildman–Crippen MR) is 224 cm³/mol. The second kappa shape index (κ2) is 17.0. The van der Waals surface area contributed by atoms with Crippen LogP contribution in [0.4, 0.5) is 4.79 Å². The lowest BCUT2D eigenvalue weighted by Crippen LogP contribution is -2.40. The molecule has 0 spiro atoms. The number of methoxy groups -OCH3 is 1. The molecule has 290 valence electrons. The van der Waals surface area contributed by atoms with Crippen LogP contribution in [0.5, 0.6) is 0 Å². The summed E-state index contributed by atoms with van der Waals surface area (Å²) in [4.78, 5) is 58.2. The number of H-pyrrole nitrogens is 2. The molecule has 2 heterocycles. The third kappa shape index (κ3) is 8.15. The number of nitrogens with one attached hydrogen (secondary N) is 3. The van der Waals surface area contributed by atoms with Crippen molar-refractivity contribution in [3.05, 3.63) is 108 Å². The van der Waals surface area contributed by atoms with Gasteiger partial charge in [0.15, 0.2) is 0 Å². The van der Waals surface area contributed by atoms with E-state index in [-0.39, 0.29) is 24.9 Å². The first-order chi connectivity index (χ1) is 27.7. The molecule has 0 unspecified atom stereocenters. The van der Waals surface area contributed by atoms with E-state index in [0.29, 0.717) is 31.3 Å². The van der Waals surface area contributed by atoms with Gasteiger partial charge in [-0.3, -0.25) is 9.59 Å². The Labute approximate surface area is 330 Å². The van der Waals surface area contributed by atoms with Crippen LogP contribution in [0.3, 0.4) is 0 Å². The van der Waals surface area contributed by atoms with Gasteiger partial charge < -0.3 is 35.6 Å². The van der Waals surface area contributed by atoms with Crippen LogP contribution in [0.15, 0.2) is 84.9 Å². The fraction of sp³-hybridized carbons (Fsp3) is 0.267. The van der Waals surface area contributed by atoms with E-state index in [1.165, 1.54) is 7.11 Å². The van der Waals surface area contributed by atoms with Crippen LogP contribution in [0, 0.1) is 11.8 Å². The fourth-order valence-electron chi connectivity index (χ4n) is 7.34. The van der Waals surface area contributed by atoms with Crippen LogP contribution < -0.4 is 11.1 Å². The molecule has 3 amide bonds. The number of nitrogens with two attached hydrogens (primary N) is 1. The maximum Gasteiger partial charge on any atom is 0.407 e. The zero-order chi connectivity index (χ0) is 40.1. The van der Waals surface area contributed by atoms with Gasteiger partial charge >= 0.3 is 6.09 Å². The van der Waals surface area contributed by atoms with Crippen molar-refractivity contribution in [3.63, 3.8) is 0 Å². The van der Waals surface area contributed by atoms with Crippen molar-refractivity contribution < 1.29 is 19.1 Å². The van der Waals surface area contributed by atoms with E-state index in [2.05, 4.69) is 74.3 Å². The summed E-state index contributed by atoms with van der Waals surface area (Å²) in [5.41, 5.74) is 13.5. The number of carbonyl (C=O) groups is 3. The molecule has 12 nitrogen and oxygen atoms in total. The zero-order valence-corrected chi connectivity index (χ0v) is 32.6. The molecule has 5 N–H and O–H groups in total. The molecular formula is C45H46N8O4. The highest BCUT2D eigenvalue weighted by molar-refractivity contribution is 6.09. The van der Waals surface area contributed by atoms with Gasteiger partial charge in [0.2, 0.25) is 11.8 Å². The van der Waals surface area contributed by atoms with Gasteiger partial charge in [-0.2, -0.15) is 0 Å². The number of imidazole rings is 2. The third-order valence-corrected chi connectivity index (χ3v) is 10.1. The molecule has 0 saturated carbocycles. The largest absolute Gasteiger partial charge is 0.453 e. The van der Waals surface area contributed by atoms with Gasteiger partial charge in [-0.15, -0.1) is 5.92 Å². The third-order valence-electron chi connectivity index (χ3n) is 10.1. The van der Waals surface area contributed by atoms with E-state index >= 15 is 0 Å². The second-order valence-electron chi connectivity index (χ2n) is 14.0. The number of ether oxygens (including phenoxy) is 1. The average Bonchev–Trinajstić information content (AvgIpc) is 3.85. The number of benzene rings is 5. The minimum Gasteiger partial charge on any atom is -0.453 e. The highest BCUT2D eigenvalue weighted by atomic mass is 16.5. The van der Waals surface area contributed by atoms with Crippen molar-refractivity contribution in [3.8, 4) is 23.0 Å².